The Balaban J connectivity index is 1.50. The van der Waals surface area contributed by atoms with Crippen LogP contribution in [0.5, 0.6) is 0 Å². The molecule has 36 heavy (non-hydrogen) atoms. The number of nitrogens with one attached hydrogen (secondary N) is 1. The third-order valence-electron chi connectivity index (χ3n) is 7.60. The molecule has 3 aromatic carbocycles. The molecule has 1 aliphatic carbocycles. The molecule has 1 fully saturated rings. The first-order valence-corrected chi connectivity index (χ1v) is 12.6. The summed E-state index contributed by atoms with van der Waals surface area (Å²) < 4.78 is 15.2. The fourth-order valence-corrected chi connectivity index (χ4v) is 5.32. The lowest BCUT2D eigenvalue weighted by Crippen LogP contribution is -2.48. The average molecular weight is 486 g/mol. The first kappa shape index (κ1) is 24.2. The lowest BCUT2D eigenvalue weighted by Gasteiger charge is -2.35. The summed E-state index contributed by atoms with van der Waals surface area (Å²) in [5.74, 6) is -0.430. The molecule has 0 aliphatic heterocycles. The van der Waals surface area contributed by atoms with Gasteiger partial charge in [0.1, 0.15) is 5.82 Å². The van der Waals surface area contributed by atoms with E-state index in [0.29, 0.717) is 6.42 Å². The molecule has 2 N–H and O–H groups in total. The molecule has 1 unspecified atom stereocenters. The maximum atomic E-state index is 13.6. The van der Waals surface area contributed by atoms with Crippen molar-refractivity contribution in [3.05, 3.63) is 95.9 Å². The predicted molar refractivity (Wildman–Crippen MR) is 139 cm³/mol. The monoisotopic (exact) mass is 485 g/mol. The van der Waals surface area contributed by atoms with E-state index in [1.165, 1.54) is 12.1 Å². The second-order valence-corrected chi connectivity index (χ2v) is 10.4. The first-order chi connectivity index (χ1) is 17.3. The fraction of sp³-hybridized carbons (Fsp3) is 0.333. The minimum absolute atomic E-state index is 0.0449. The number of aliphatic hydroxyl groups is 1. The molecule has 5 rings (SSSR count). The zero-order valence-corrected chi connectivity index (χ0v) is 20.7. The van der Waals surface area contributed by atoms with Crippen LogP contribution in [0.1, 0.15) is 50.2 Å². The first-order valence-electron chi connectivity index (χ1n) is 12.6. The smallest absolute Gasteiger partial charge is 0.226 e. The van der Waals surface area contributed by atoms with E-state index < -0.39 is 11.5 Å². The summed E-state index contributed by atoms with van der Waals surface area (Å²) >= 11 is 0. The number of hydrogen-bond donors (Lipinski definition) is 2. The highest BCUT2D eigenvalue weighted by Gasteiger charge is 2.40. The van der Waals surface area contributed by atoms with E-state index in [9.17, 15) is 14.3 Å². The molecule has 6 heteroatoms. The van der Waals surface area contributed by atoms with Crippen molar-refractivity contribution in [2.75, 3.05) is 0 Å². The zero-order valence-electron chi connectivity index (χ0n) is 20.7. The maximum Gasteiger partial charge on any atom is 0.226 e. The largest absolute Gasteiger partial charge is 0.391 e. The van der Waals surface area contributed by atoms with Crippen LogP contribution in [0.2, 0.25) is 0 Å². The summed E-state index contributed by atoms with van der Waals surface area (Å²) in [6.45, 7) is 3.98. The van der Waals surface area contributed by atoms with Gasteiger partial charge in [-0.2, -0.15) is 5.10 Å². The summed E-state index contributed by atoms with van der Waals surface area (Å²) in [6, 6.07) is 22.5. The quantitative estimate of drug-likeness (QED) is 0.361. The summed E-state index contributed by atoms with van der Waals surface area (Å²) in [6.07, 6.45) is 4.49. The van der Waals surface area contributed by atoms with Gasteiger partial charge in [0.05, 0.1) is 35.0 Å². The van der Waals surface area contributed by atoms with Crippen molar-refractivity contribution in [3.8, 4) is 5.69 Å². The van der Waals surface area contributed by atoms with Crippen molar-refractivity contribution in [3.63, 3.8) is 0 Å². The van der Waals surface area contributed by atoms with Crippen LogP contribution < -0.4 is 5.32 Å². The number of aromatic nitrogens is 2. The highest BCUT2D eigenvalue weighted by molar-refractivity contribution is 5.85. The molecule has 186 valence electrons. The van der Waals surface area contributed by atoms with Crippen molar-refractivity contribution in [1.29, 1.82) is 0 Å². The Kier molecular flexibility index (Phi) is 6.63. The second-order valence-electron chi connectivity index (χ2n) is 10.4. The Morgan fingerprint density at radius 1 is 1.11 bits per heavy atom. The number of hydrogen-bond acceptors (Lipinski definition) is 3. The topological polar surface area (TPSA) is 67.2 Å². The van der Waals surface area contributed by atoms with E-state index in [1.807, 2.05) is 44.3 Å². The SMILES string of the molecule is CC(C)(C(=O)N[C@H]1CCC[C@@H]1O)C(Cc1ccccc1)c1ccc2c(cnn2-c2ccc(F)cc2)c1. The van der Waals surface area contributed by atoms with Crippen molar-refractivity contribution >= 4 is 16.8 Å². The van der Waals surface area contributed by atoms with E-state index in [4.69, 9.17) is 0 Å². The Bertz CT molecular complexity index is 1350. The van der Waals surface area contributed by atoms with Gasteiger partial charge in [-0.05, 0) is 73.2 Å². The van der Waals surface area contributed by atoms with Gasteiger partial charge in [0.2, 0.25) is 5.91 Å². The van der Waals surface area contributed by atoms with Crippen LogP contribution >= 0.6 is 0 Å². The highest BCUT2D eigenvalue weighted by atomic mass is 19.1. The number of rotatable bonds is 7. The van der Waals surface area contributed by atoms with Gasteiger partial charge < -0.3 is 10.4 Å². The van der Waals surface area contributed by atoms with Crippen LogP contribution in [0.15, 0.2) is 79.0 Å². The molecule has 4 aromatic rings. The van der Waals surface area contributed by atoms with Crippen molar-refractivity contribution < 1.29 is 14.3 Å². The Labute approximate surface area is 211 Å². The Morgan fingerprint density at radius 3 is 2.56 bits per heavy atom. The summed E-state index contributed by atoms with van der Waals surface area (Å²) in [5.41, 5.74) is 3.19. The molecule has 5 nitrogen and oxygen atoms in total. The predicted octanol–water partition coefficient (Wildman–Crippen LogP) is 5.55. The van der Waals surface area contributed by atoms with Crippen molar-refractivity contribution in [1.82, 2.24) is 15.1 Å². The number of fused-ring (bicyclic) bond motifs is 1. The van der Waals surface area contributed by atoms with Gasteiger partial charge in [0.15, 0.2) is 0 Å². The minimum atomic E-state index is -0.723. The number of aliphatic hydroxyl groups excluding tert-OH is 1. The molecule has 1 saturated carbocycles. The zero-order chi connectivity index (χ0) is 25.3. The van der Waals surface area contributed by atoms with Crippen LogP contribution in [0.4, 0.5) is 4.39 Å². The van der Waals surface area contributed by atoms with Gasteiger partial charge in [-0.25, -0.2) is 9.07 Å². The number of benzene rings is 3. The third kappa shape index (κ3) is 4.78. The lowest BCUT2D eigenvalue weighted by molar-refractivity contribution is -0.132. The van der Waals surface area contributed by atoms with E-state index in [-0.39, 0.29) is 23.7 Å². The number of carbonyl (C=O) groups excluding carboxylic acids is 1. The maximum absolute atomic E-state index is 13.6. The lowest BCUT2D eigenvalue weighted by atomic mass is 9.71. The molecule has 1 aromatic heterocycles. The Morgan fingerprint density at radius 2 is 1.86 bits per heavy atom. The molecule has 1 heterocycles. The number of halogens is 1. The number of nitrogens with zero attached hydrogens (tertiary/aromatic N) is 2. The normalized spacial score (nSPS) is 18.9. The summed E-state index contributed by atoms with van der Waals surface area (Å²) in [4.78, 5) is 13.6. The molecule has 0 spiro atoms. The molecule has 0 radical (unpaired) electrons. The van der Waals surface area contributed by atoms with E-state index in [1.54, 1.807) is 16.8 Å². The summed E-state index contributed by atoms with van der Waals surface area (Å²) in [7, 11) is 0. The van der Waals surface area contributed by atoms with Gasteiger partial charge in [0, 0.05) is 11.3 Å². The van der Waals surface area contributed by atoms with E-state index in [0.717, 1.165) is 47.0 Å². The molecule has 0 bridgehead atoms. The number of carbonyl (C=O) groups is 1. The van der Waals surface area contributed by atoms with E-state index >= 15 is 0 Å². The average Bonchev–Trinajstić information content (AvgIpc) is 3.49. The summed E-state index contributed by atoms with van der Waals surface area (Å²) in [5, 5.41) is 18.9. The molecule has 3 atom stereocenters. The van der Waals surface area contributed by atoms with Gasteiger partial charge in [-0.1, -0.05) is 50.2 Å². The molecular weight excluding hydrogens is 453 g/mol. The second kappa shape index (κ2) is 9.86. The van der Waals surface area contributed by atoms with Crippen LogP contribution in [0.25, 0.3) is 16.6 Å². The fourth-order valence-electron chi connectivity index (χ4n) is 5.32. The molecule has 1 aliphatic rings. The Hall–Kier alpha value is -3.51. The molecule has 0 saturated heterocycles. The van der Waals surface area contributed by atoms with Crippen LogP contribution in [-0.2, 0) is 11.2 Å². The van der Waals surface area contributed by atoms with Crippen molar-refractivity contribution in [2.45, 2.75) is 57.6 Å². The molecule has 1 amide bonds. The van der Waals surface area contributed by atoms with Crippen molar-refractivity contribution in [2.24, 2.45) is 5.41 Å². The minimum Gasteiger partial charge on any atom is -0.391 e. The van der Waals surface area contributed by atoms with Crippen LogP contribution in [0, 0.1) is 11.2 Å². The van der Waals surface area contributed by atoms with E-state index in [2.05, 4.69) is 34.7 Å². The number of amides is 1. The van der Waals surface area contributed by atoms with Gasteiger partial charge >= 0.3 is 0 Å². The molecular formula is C30H32FN3O2. The highest BCUT2D eigenvalue weighted by Crippen LogP contribution is 2.40. The van der Waals surface area contributed by atoms with Gasteiger partial charge in [-0.15, -0.1) is 0 Å². The van der Waals surface area contributed by atoms with Crippen LogP contribution in [0.3, 0.4) is 0 Å². The standard InChI is InChI=1S/C30H32FN3O2/c1-30(2,29(36)33-26-9-6-10-28(26)35)25(17-20-7-4-3-5-8-20)21-11-16-27-22(18-21)19-32-34(27)24-14-12-23(31)13-15-24/h3-5,7-8,11-16,18-19,25-26,28,35H,6,9-10,17H2,1-2H3,(H,33,36)/t25?,26-,28-/m0/s1. The van der Waals surface area contributed by atoms with Gasteiger partial charge in [-0.3, -0.25) is 4.79 Å². The van der Waals surface area contributed by atoms with Crippen LogP contribution in [-0.4, -0.2) is 32.9 Å². The van der Waals surface area contributed by atoms with Gasteiger partial charge in [0.25, 0.3) is 0 Å². The third-order valence-corrected chi connectivity index (χ3v) is 7.60.